The van der Waals surface area contributed by atoms with Crippen molar-refractivity contribution in [2.75, 3.05) is 10.6 Å². The molecule has 3 amide bonds. The summed E-state index contributed by atoms with van der Waals surface area (Å²) >= 11 is 0. The van der Waals surface area contributed by atoms with Gasteiger partial charge in [-0.25, -0.2) is 14.0 Å². The van der Waals surface area contributed by atoms with E-state index in [9.17, 15) is 23.9 Å². The molecule has 7 nitrogen and oxygen atoms in total. The first-order chi connectivity index (χ1) is 15.5. The highest BCUT2D eigenvalue weighted by Gasteiger charge is 2.44. The predicted molar refractivity (Wildman–Crippen MR) is 125 cm³/mol. The molecule has 176 valence electrons. The molecule has 1 fully saturated rings. The predicted octanol–water partition coefficient (Wildman–Crippen LogP) is 5.16. The molecule has 3 rings (SSSR count). The van der Waals surface area contributed by atoms with Crippen molar-refractivity contribution in [2.24, 2.45) is 5.92 Å². The Bertz CT molecular complexity index is 1070. The van der Waals surface area contributed by atoms with Gasteiger partial charge in [0.25, 0.3) is 5.91 Å². The minimum atomic E-state index is -1.46. The Balaban J connectivity index is 1.83. The summed E-state index contributed by atoms with van der Waals surface area (Å²) in [5.74, 6) is -2.65. The lowest BCUT2D eigenvalue weighted by Crippen LogP contribution is -2.56. The van der Waals surface area contributed by atoms with Crippen LogP contribution in [0.3, 0.4) is 0 Å². The number of carbonyl (C=O) groups is 3. The Labute approximate surface area is 192 Å². The Morgan fingerprint density at radius 1 is 1.00 bits per heavy atom. The molecule has 1 aliphatic carbocycles. The van der Waals surface area contributed by atoms with Gasteiger partial charge in [0.15, 0.2) is 0 Å². The van der Waals surface area contributed by atoms with Gasteiger partial charge in [0.2, 0.25) is 0 Å². The number of hydrogen-bond acceptors (Lipinski definition) is 3. The molecule has 0 aliphatic heterocycles. The molecule has 0 bridgehead atoms. The smallest absolute Gasteiger partial charge is 0.329 e. The molecule has 1 atom stereocenters. The van der Waals surface area contributed by atoms with E-state index >= 15 is 0 Å². The van der Waals surface area contributed by atoms with Crippen molar-refractivity contribution >= 4 is 29.3 Å². The van der Waals surface area contributed by atoms with E-state index in [-0.39, 0.29) is 17.2 Å². The molecular formula is C25H30FN3O4. The van der Waals surface area contributed by atoms with Crippen molar-refractivity contribution in [1.82, 2.24) is 5.32 Å². The zero-order valence-electron chi connectivity index (χ0n) is 19.3. The van der Waals surface area contributed by atoms with E-state index in [4.69, 9.17) is 0 Å². The summed E-state index contributed by atoms with van der Waals surface area (Å²) < 4.78 is 14.0. The molecular weight excluding hydrogens is 425 g/mol. The van der Waals surface area contributed by atoms with Gasteiger partial charge in [-0.1, -0.05) is 30.5 Å². The largest absolute Gasteiger partial charge is 0.480 e. The van der Waals surface area contributed by atoms with Crippen LogP contribution in [0.15, 0.2) is 30.3 Å². The summed E-state index contributed by atoms with van der Waals surface area (Å²) in [7, 11) is 0. The molecule has 2 aromatic rings. The van der Waals surface area contributed by atoms with E-state index in [1.54, 1.807) is 0 Å². The maximum Gasteiger partial charge on any atom is 0.329 e. The standard InChI is InChI=1S/C25H30FN3O4/c1-14-11-15(2)21(16(3)12-14)28-24(33)27-20-13-18(26)9-10-19(20)22(30)29-25(4,23(31)32)17-7-5-6-8-17/h9-13,17H,5-8H2,1-4H3,(H,29,30)(H,31,32)(H2,27,28,33)/t25-/m0/s1. The molecule has 33 heavy (non-hydrogen) atoms. The van der Waals surface area contributed by atoms with Crippen LogP contribution in [0.25, 0.3) is 0 Å². The topological polar surface area (TPSA) is 108 Å². The second-order valence-corrected chi connectivity index (χ2v) is 8.99. The van der Waals surface area contributed by atoms with E-state index in [0.29, 0.717) is 18.5 Å². The van der Waals surface area contributed by atoms with Crippen molar-refractivity contribution in [3.63, 3.8) is 0 Å². The molecule has 0 unspecified atom stereocenters. The summed E-state index contributed by atoms with van der Waals surface area (Å²) in [5, 5.41) is 17.7. The maximum absolute atomic E-state index is 14.0. The van der Waals surface area contributed by atoms with Gasteiger partial charge in [0, 0.05) is 5.69 Å². The van der Waals surface area contributed by atoms with Crippen molar-refractivity contribution in [2.45, 2.75) is 58.9 Å². The minimum Gasteiger partial charge on any atom is -0.480 e. The Kier molecular flexibility index (Phi) is 7.05. The molecule has 1 saturated carbocycles. The number of urea groups is 1. The van der Waals surface area contributed by atoms with Crippen molar-refractivity contribution in [1.29, 1.82) is 0 Å². The normalized spacial score (nSPS) is 15.5. The summed E-state index contributed by atoms with van der Waals surface area (Å²) in [6, 6.07) is 6.59. The van der Waals surface area contributed by atoms with Crippen LogP contribution in [0.5, 0.6) is 0 Å². The number of benzene rings is 2. The van der Waals surface area contributed by atoms with Crippen LogP contribution in [-0.2, 0) is 4.79 Å². The third kappa shape index (κ3) is 5.32. The van der Waals surface area contributed by atoms with Gasteiger partial charge in [0.05, 0.1) is 11.3 Å². The van der Waals surface area contributed by atoms with E-state index in [0.717, 1.165) is 41.7 Å². The van der Waals surface area contributed by atoms with Crippen LogP contribution in [0.1, 0.15) is 59.7 Å². The second kappa shape index (κ2) is 9.60. The monoisotopic (exact) mass is 455 g/mol. The number of rotatable bonds is 6. The molecule has 0 spiro atoms. The van der Waals surface area contributed by atoms with Crippen molar-refractivity contribution < 1.29 is 23.9 Å². The zero-order chi connectivity index (χ0) is 24.3. The lowest BCUT2D eigenvalue weighted by atomic mass is 9.84. The number of aryl methyl sites for hydroxylation is 3. The van der Waals surface area contributed by atoms with Crippen LogP contribution in [-0.4, -0.2) is 28.6 Å². The molecule has 8 heteroatoms. The summed E-state index contributed by atoms with van der Waals surface area (Å²) in [6.07, 6.45) is 3.22. The molecule has 0 heterocycles. The fourth-order valence-electron chi connectivity index (χ4n) is 4.60. The molecule has 0 radical (unpaired) electrons. The second-order valence-electron chi connectivity index (χ2n) is 8.99. The molecule has 0 saturated heterocycles. The van der Waals surface area contributed by atoms with Crippen molar-refractivity contribution in [3.8, 4) is 0 Å². The third-order valence-electron chi connectivity index (χ3n) is 6.38. The third-order valence-corrected chi connectivity index (χ3v) is 6.38. The van der Waals surface area contributed by atoms with Gasteiger partial charge in [0.1, 0.15) is 11.4 Å². The first kappa shape index (κ1) is 24.2. The van der Waals surface area contributed by atoms with Crippen molar-refractivity contribution in [3.05, 3.63) is 58.4 Å². The summed E-state index contributed by atoms with van der Waals surface area (Å²) in [5.41, 5.74) is 1.89. The molecule has 0 aromatic heterocycles. The average molecular weight is 456 g/mol. The summed E-state index contributed by atoms with van der Waals surface area (Å²) in [6.45, 7) is 7.19. The maximum atomic E-state index is 14.0. The number of carboxylic acid groups (broad SMARTS) is 1. The molecule has 1 aliphatic rings. The molecule has 4 N–H and O–H groups in total. The minimum absolute atomic E-state index is 0.0191. The lowest BCUT2D eigenvalue weighted by molar-refractivity contribution is -0.146. The lowest BCUT2D eigenvalue weighted by Gasteiger charge is -2.32. The van der Waals surface area contributed by atoms with Gasteiger partial charge in [-0.3, -0.25) is 4.79 Å². The van der Waals surface area contributed by atoms with Crippen LogP contribution in [0.4, 0.5) is 20.6 Å². The van der Waals surface area contributed by atoms with E-state index < -0.39 is 29.3 Å². The number of anilines is 2. The fourth-order valence-corrected chi connectivity index (χ4v) is 4.60. The number of carboxylic acids is 1. The van der Waals surface area contributed by atoms with E-state index in [1.807, 2.05) is 32.9 Å². The van der Waals surface area contributed by atoms with Gasteiger partial charge >= 0.3 is 12.0 Å². The Hall–Kier alpha value is -3.42. The van der Waals surface area contributed by atoms with Gasteiger partial charge in [-0.15, -0.1) is 0 Å². The number of hydrogen-bond donors (Lipinski definition) is 4. The first-order valence-electron chi connectivity index (χ1n) is 11.0. The quantitative estimate of drug-likeness (QED) is 0.483. The Morgan fingerprint density at radius 2 is 1.61 bits per heavy atom. The number of halogens is 1. The molecule has 2 aromatic carbocycles. The highest BCUT2D eigenvalue weighted by molar-refractivity contribution is 6.08. The SMILES string of the molecule is Cc1cc(C)c(NC(=O)Nc2cc(F)ccc2C(=O)N[C@](C)(C(=O)O)C2CCCC2)c(C)c1. The number of carbonyl (C=O) groups excluding carboxylic acids is 2. The highest BCUT2D eigenvalue weighted by Crippen LogP contribution is 2.35. The van der Waals surface area contributed by atoms with Gasteiger partial charge in [-0.2, -0.15) is 0 Å². The van der Waals surface area contributed by atoms with Crippen LogP contribution in [0, 0.1) is 32.5 Å². The first-order valence-corrected chi connectivity index (χ1v) is 11.0. The fraction of sp³-hybridized carbons (Fsp3) is 0.400. The number of nitrogens with one attached hydrogen (secondary N) is 3. The average Bonchev–Trinajstić information content (AvgIpc) is 3.26. The zero-order valence-corrected chi connectivity index (χ0v) is 19.3. The van der Waals surface area contributed by atoms with Crippen LogP contribution >= 0.6 is 0 Å². The van der Waals surface area contributed by atoms with E-state index in [1.165, 1.54) is 13.0 Å². The van der Waals surface area contributed by atoms with Gasteiger partial charge < -0.3 is 21.1 Å². The van der Waals surface area contributed by atoms with Crippen LogP contribution < -0.4 is 16.0 Å². The summed E-state index contributed by atoms with van der Waals surface area (Å²) in [4.78, 5) is 37.8. The van der Waals surface area contributed by atoms with Crippen LogP contribution in [0.2, 0.25) is 0 Å². The van der Waals surface area contributed by atoms with E-state index in [2.05, 4.69) is 16.0 Å². The number of aliphatic carboxylic acids is 1. The highest BCUT2D eigenvalue weighted by atomic mass is 19.1. The van der Waals surface area contributed by atoms with Gasteiger partial charge in [-0.05, 0) is 75.8 Å². The number of amides is 3. The Morgan fingerprint density at radius 3 is 2.18 bits per heavy atom.